The molecule has 1 amide bonds. The summed E-state index contributed by atoms with van der Waals surface area (Å²) in [6, 6.07) is 6.41. The fourth-order valence-electron chi connectivity index (χ4n) is 1.10. The minimum atomic E-state index is -1.26. The van der Waals surface area contributed by atoms with Crippen LogP contribution in [0.25, 0.3) is 0 Å². The Morgan fingerprint density at radius 2 is 1.67 bits per heavy atom. The molecule has 0 heterocycles. The van der Waals surface area contributed by atoms with E-state index in [2.05, 4.69) is 5.32 Å². The van der Waals surface area contributed by atoms with Crippen LogP contribution in [0.2, 0.25) is 0 Å². The highest BCUT2D eigenvalue weighted by Crippen LogP contribution is 2.05. The van der Waals surface area contributed by atoms with Crippen LogP contribution in [0.3, 0.4) is 0 Å². The summed E-state index contributed by atoms with van der Waals surface area (Å²) < 4.78 is 13.0. The maximum absolute atomic E-state index is 13.0. The van der Waals surface area contributed by atoms with E-state index in [1.165, 1.54) is 6.07 Å². The number of hydrogen-bond acceptors (Lipinski definition) is 3. The highest BCUT2D eigenvalue weighted by atomic mass is 19.1. The van der Waals surface area contributed by atoms with Gasteiger partial charge < -0.3 is 15.5 Å². The van der Waals surface area contributed by atoms with E-state index in [1.807, 2.05) is 0 Å². The summed E-state index contributed by atoms with van der Waals surface area (Å²) in [5.41, 5.74) is 0.518. The molecule has 0 spiro atoms. The Bertz CT molecular complexity index is 512. The zero-order valence-electron chi connectivity index (χ0n) is 11.4. The van der Waals surface area contributed by atoms with Gasteiger partial charge in [-0.25, -0.2) is 14.0 Å². The van der Waals surface area contributed by atoms with Crippen LogP contribution < -0.4 is 5.32 Å². The first-order valence-corrected chi connectivity index (χ1v) is 6.00. The molecule has 0 unspecified atom stereocenters. The summed E-state index contributed by atoms with van der Waals surface area (Å²) in [6.45, 7) is 2.02. The van der Waals surface area contributed by atoms with Crippen LogP contribution in [0.5, 0.6) is 0 Å². The summed E-state index contributed by atoms with van der Waals surface area (Å²) in [5, 5.41) is 18.2. The van der Waals surface area contributed by atoms with Crippen molar-refractivity contribution < 1.29 is 29.0 Å². The molecule has 0 bridgehead atoms. The van der Waals surface area contributed by atoms with Crippen molar-refractivity contribution in [2.75, 3.05) is 0 Å². The first-order valence-electron chi connectivity index (χ1n) is 6.00. The van der Waals surface area contributed by atoms with Crippen LogP contribution in [0.15, 0.2) is 36.4 Å². The van der Waals surface area contributed by atoms with Crippen molar-refractivity contribution in [2.24, 2.45) is 0 Å². The number of carbonyl (C=O) groups is 3. The molecular weight excluding hydrogens is 281 g/mol. The van der Waals surface area contributed by atoms with E-state index >= 15 is 0 Å². The number of rotatable bonds is 5. The number of hydrogen-bond donors (Lipinski definition) is 3. The first-order chi connectivity index (χ1) is 9.86. The van der Waals surface area contributed by atoms with Crippen LogP contribution in [0.4, 0.5) is 4.39 Å². The molecule has 0 saturated heterocycles. The predicted octanol–water partition coefficient (Wildman–Crippen LogP) is 1.56. The standard InChI is InChI=1S/C10H12FNO.C4H4O4/c1-2-10(13)12-7-8-5-3-4-6-9(8)11;5-3(6)1-2-4(7)8/h3-6H,2,7H2,1H3,(H,12,13);1-2H,(H,5,6)(H,7,8)/b;2-1+. The molecular formula is C14H16FNO5. The molecule has 7 heteroatoms. The van der Waals surface area contributed by atoms with Gasteiger partial charge in [0.1, 0.15) is 5.82 Å². The van der Waals surface area contributed by atoms with E-state index in [0.717, 1.165) is 0 Å². The zero-order chi connectivity index (χ0) is 16.3. The Hall–Kier alpha value is -2.70. The summed E-state index contributed by atoms with van der Waals surface area (Å²) in [7, 11) is 0. The molecule has 1 rings (SSSR count). The molecule has 1 aromatic carbocycles. The van der Waals surface area contributed by atoms with Gasteiger partial charge in [0.15, 0.2) is 0 Å². The fourth-order valence-corrected chi connectivity index (χ4v) is 1.10. The molecule has 0 aliphatic rings. The quantitative estimate of drug-likeness (QED) is 0.716. The number of carboxylic acids is 2. The van der Waals surface area contributed by atoms with Crippen LogP contribution >= 0.6 is 0 Å². The van der Waals surface area contributed by atoms with E-state index in [9.17, 15) is 18.8 Å². The van der Waals surface area contributed by atoms with Crippen LogP contribution in [0.1, 0.15) is 18.9 Å². The highest BCUT2D eigenvalue weighted by molar-refractivity contribution is 5.89. The second-order valence-electron chi connectivity index (χ2n) is 3.73. The molecule has 0 aromatic heterocycles. The Labute approximate surface area is 120 Å². The van der Waals surface area contributed by atoms with Crippen molar-refractivity contribution in [3.8, 4) is 0 Å². The number of carboxylic acid groups (broad SMARTS) is 2. The number of carbonyl (C=O) groups excluding carboxylic acids is 1. The van der Waals surface area contributed by atoms with Crippen molar-refractivity contribution in [1.82, 2.24) is 5.32 Å². The van der Waals surface area contributed by atoms with Crippen molar-refractivity contribution in [1.29, 1.82) is 0 Å². The van der Waals surface area contributed by atoms with Crippen molar-refractivity contribution in [2.45, 2.75) is 19.9 Å². The largest absolute Gasteiger partial charge is 0.478 e. The van der Waals surface area contributed by atoms with Gasteiger partial charge in [-0.1, -0.05) is 25.1 Å². The lowest BCUT2D eigenvalue weighted by Gasteiger charge is -2.03. The van der Waals surface area contributed by atoms with Gasteiger partial charge in [-0.2, -0.15) is 0 Å². The molecule has 0 aliphatic carbocycles. The highest BCUT2D eigenvalue weighted by Gasteiger charge is 2.01. The number of nitrogens with one attached hydrogen (secondary N) is 1. The van der Waals surface area contributed by atoms with Gasteiger partial charge >= 0.3 is 11.9 Å². The maximum Gasteiger partial charge on any atom is 0.328 e. The second kappa shape index (κ2) is 10.1. The molecule has 3 N–H and O–H groups in total. The van der Waals surface area contributed by atoms with E-state index in [4.69, 9.17) is 10.2 Å². The lowest BCUT2D eigenvalue weighted by atomic mass is 10.2. The topological polar surface area (TPSA) is 104 Å². The van der Waals surface area contributed by atoms with Gasteiger partial charge in [0, 0.05) is 30.7 Å². The Morgan fingerprint density at radius 1 is 1.14 bits per heavy atom. The van der Waals surface area contributed by atoms with E-state index in [0.29, 0.717) is 24.1 Å². The number of halogens is 1. The Kier molecular flexibility index (Phi) is 8.83. The molecule has 0 fully saturated rings. The lowest BCUT2D eigenvalue weighted by Crippen LogP contribution is -2.21. The minimum Gasteiger partial charge on any atom is -0.478 e. The van der Waals surface area contributed by atoms with E-state index < -0.39 is 11.9 Å². The van der Waals surface area contributed by atoms with Gasteiger partial charge in [-0.05, 0) is 6.07 Å². The van der Waals surface area contributed by atoms with Gasteiger partial charge in [0.2, 0.25) is 5.91 Å². The predicted molar refractivity (Wildman–Crippen MR) is 72.9 cm³/mol. The van der Waals surface area contributed by atoms with Gasteiger partial charge in [0.25, 0.3) is 0 Å². The molecule has 6 nitrogen and oxygen atoms in total. The SMILES string of the molecule is CCC(=O)NCc1ccccc1F.O=C(O)/C=C/C(=O)O. The Balaban J connectivity index is 0.000000433. The van der Waals surface area contributed by atoms with Gasteiger partial charge in [-0.15, -0.1) is 0 Å². The van der Waals surface area contributed by atoms with Crippen molar-refractivity contribution in [3.63, 3.8) is 0 Å². The average molecular weight is 297 g/mol. The maximum atomic E-state index is 13.0. The third-order valence-corrected chi connectivity index (χ3v) is 2.12. The molecule has 114 valence electrons. The molecule has 1 aromatic rings. The third kappa shape index (κ3) is 9.83. The van der Waals surface area contributed by atoms with Crippen molar-refractivity contribution in [3.05, 3.63) is 47.8 Å². The second-order valence-corrected chi connectivity index (χ2v) is 3.73. The van der Waals surface area contributed by atoms with Crippen molar-refractivity contribution >= 4 is 17.8 Å². The Morgan fingerprint density at radius 3 is 2.10 bits per heavy atom. The normalized spacial score (nSPS) is 9.62. The molecule has 21 heavy (non-hydrogen) atoms. The fraction of sp³-hybridized carbons (Fsp3) is 0.214. The summed E-state index contributed by atoms with van der Waals surface area (Å²) >= 11 is 0. The number of aliphatic carboxylic acids is 2. The van der Waals surface area contributed by atoms with E-state index in [-0.39, 0.29) is 18.3 Å². The monoisotopic (exact) mass is 297 g/mol. The summed E-state index contributed by atoms with van der Waals surface area (Å²) in [4.78, 5) is 30.0. The van der Waals surface area contributed by atoms with Gasteiger partial charge in [-0.3, -0.25) is 4.79 Å². The van der Waals surface area contributed by atoms with Gasteiger partial charge in [0.05, 0.1) is 0 Å². The first kappa shape index (κ1) is 18.3. The molecule has 0 saturated carbocycles. The lowest BCUT2D eigenvalue weighted by molar-refractivity contribution is -0.134. The number of amides is 1. The van der Waals surface area contributed by atoms with Crippen LogP contribution in [-0.2, 0) is 20.9 Å². The molecule has 0 radical (unpaired) electrons. The summed E-state index contributed by atoms with van der Waals surface area (Å²) in [5.74, 6) is -2.86. The van der Waals surface area contributed by atoms with Crippen LogP contribution in [-0.4, -0.2) is 28.1 Å². The third-order valence-electron chi connectivity index (χ3n) is 2.12. The summed E-state index contributed by atoms with van der Waals surface area (Å²) in [6.07, 6.45) is 1.54. The van der Waals surface area contributed by atoms with E-state index in [1.54, 1.807) is 25.1 Å². The average Bonchev–Trinajstić information content (AvgIpc) is 2.44. The zero-order valence-corrected chi connectivity index (χ0v) is 11.4. The smallest absolute Gasteiger partial charge is 0.328 e. The molecule has 0 aliphatic heterocycles. The number of benzene rings is 1. The molecule has 0 atom stereocenters. The minimum absolute atomic E-state index is 0.0664. The van der Waals surface area contributed by atoms with Crippen LogP contribution in [0, 0.1) is 5.82 Å².